The van der Waals surface area contributed by atoms with Crippen LogP contribution < -0.4 is 14.8 Å². The van der Waals surface area contributed by atoms with Crippen molar-refractivity contribution < 1.29 is 9.47 Å². The highest BCUT2D eigenvalue weighted by Gasteiger charge is 2.21. The van der Waals surface area contributed by atoms with Gasteiger partial charge in [0.2, 0.25) is 0 Å². The molecule has 1 N–H and O–H groups in total. The second-order valence-electron chi connectivity index (χ2n) is 6.17. The average molecular weight is 354 g/mol. The molecule has 1 aromatic carbocycles. The average Bonchev–Trinajstić information content (AvgIpc) is 2.91. The summed E-state index contributed by atoms with van der Waals surface area (Å²) in [5.74, 6) is 2.56. The van der Waals surface area contributed by atoms with Crippen LogP contribution >= 0.6 is 15.9 Å². The Kier molecular flexibility index (Phi) is 5.07. The molecule has 1 fully saturated rings. The first-order valence-electron chi connectivity index (χ1n) is 8.05. The second kappa shape index (κ2) is 7.01. The molecule has 0 aromatic heterocycles. The lowest BCUT2D eigenvalue weighted by atomic mass is 9.99. The van der Waals surface area contributed by atoms with E-state index in [1.165, 1.54) is 31.2 Å². The van der Waals surface area contributed by atoms with Gasteiger partial charge >= 0.3 is 0 Å². The Morgan fingerprint density at radius 1 is 1.19 bits per heavy atom. The molecule has 21 heavy (non-hydrogen) atoms. The van der Waals surface area contributed by atoms with Gasteiger partial charge in [-0.05, 0) is 59.3 Å². The van der Waals surface area contributed by atoms with E-state index in [0.29, 0.717) is 6.04 Å². The van der Waals surface area contributed by atoms with E-state index in [4.69, 9.17) is 9.47 Å². The molecule has 2 aliphatic rings. The molecule has 1 aliphatic carbocycles. The summed E-state index contributed by atoms with van der Waals surface area (Å²) in [6, 6.07) is 4.84. The van der Waals surface area contributed by atoms with E-state index in [1.807, 2.05) is 0 Å². The van der Waals surface area contributed by atoms with Crippen LogP contribution in [0.1, 0.15) is 44.6 Å². The van der Waals surface area contributed by atoms with Crippen molar-refractivity contribution in [3.63, 3.8) is 0 Å². The van der Waals surface area contributed by atoms with Gasteiger partial charge in [0.25, 0.3) is 0 Å². The minimum Gasteiger partial charge on any atom is -0.490 e. The molecule has 0 radical (unpaired) electrons. The van der Waals surface area contributed by atoms with Gasteiger partial charge in [-0.25, -0.2) is 0 Å². The fourth-order valence-corrected chi connectivity index (χ4v) is 3.89. The maximum Gasteiger partial charge on any atom is 0.175 e. The van der Waals surface area contributed by atoms with Crippen LogP contribution in [-0.2, 0) is 6.54 Å². The van der Waals surface area contributed by atoms with Crippen molar-refractivity contribution in [1.29, 1.82) is 0 Å². The van der Waals surface area contributed by atoms with Gasteiger partial charge in [0.15, 0.2) is 11.5 Å². The van der Waals surface area contributed by atoms with E-state index < -0.39 is 0 Å². The largest absolute Gasteiger partial charge is 0.490 e. The Balaban J connectivity index is 1.65. The molecule has 0 saturated heterocycles. The van der Waals surface area contributed by atoms with Crippen LogP contribution in [-0.4, -0.2) is 19.3 Å². The smallest absolute Gasteiger partial charge is 0.175 e. The van der Waals surface area contributed by atoms with E-state index >= 15 is 0 Å². The van der Waals surface area contributed by atoms with Gasteiger partial charge in [0.1, 0.15) is 0 Å². The summed E-state index contributed by atoms with van der Waals surface area (Å²) in [5, 5.41) is 3.67. The topological polar surface area (TPSA) is 30.5 Å². The minimum atomic E-state index is 0.585. The fourth-order valence-electron chi connectivity index (χ4n) is 3.29. The number of fused-ring (bicyclic) bond motifs is 1. The molecule has 4 heteroatoms. The quantitative estimate of drug-likeness (QED) is 0.876. The Morgan fingerprint density at radius 3 is 2.76 bits per heavy atom. The fraction of sp³-hybridized carbons (Fsp3) is 0.647. The molecule has 3 nitrogen and oxygen atoms in total. The zero-order valence-corrected chi connectivity index (χ0v) is 14.2. The highest BCUT2D eigenvalue weighted by molar-refractivity contribution is 9.10. The zero-order chi connectivity index (χ0) is 14.7. The molecule has 0 spiro atoms. The van der Waals surface area contributed by atoms with E-state index in [2.05, 4.69) is 40.3 Å². The Morgan fingerprint density at radius 2 is 1.95 bits per heavy atom. The molecule has 1 saturated carbocycles. The standard InChI is InChI=1S/C17H24BrNO2/c1-12(14-5-2-3-6-14)19-11-13-9-15(18)17-16(10-13)20-7-4-8-21-17/h9-10,12,14,19H,2-8,11H2,1H3. The van der Waals surface area contributed by atoms with Crippen molar-refractivity contribution in [2.45, 2.75) is 51.6 Å². The number of hydrogen-bond donors (Lipinski definition) is 1. The van der Waals surface area contributed by atoms with Gasteiger partial charge < -0.3 is 14.8 Å². The molecule has 1 aliphatic heterocycles. The Bertz CT molecular complexity index is 486. The van der Waals surface area contributed by atoms with Crippen LogP contribution in [0.25, 0.3) is 0 Å². The molecular formula is C17H24BrNO2. The summed E-state index contributed by atoms with van der Waals surface area (Å²) >= 11 is 3.61. The number of ether oxygens (including phenoxy) is 2. The minimum absolute atomic E-state index is 0.585. The van der Waals surface area contributed by atoms with Gasteiger partial charge in [0, 0.05) is 19.0 Å². The number of hydrogen-bond acceptors (Lipinski definition) is 3. The molecule has 0 bridgehead atoms. The van der Waals surface area contributed by atoms with Crippen molar-refractivity contribution in [2.75, 3.05) is 13.2 Å². The van der Waals surface area contributed by atoms with E-state index in [1.54, 1.807) is 0 Å². The first-order chi connectivity index (χ1) is 10.2. The predicted octanol–water partition coefficient (Wildman–Crippen LogP) is 4.28. The van der Waals surface area contributed by atoms with Crippen LogP contribution in [0.4, 0.5) is 0 Å². The summed E-state index contributed by atoms with van der Waals surface area (Å²) in [5.41, 5.74) is 1.25. The van der Waals surface area contributed by atoms with E-state index in [0.717, 1.165) is 48.1 Å². The molecule has 3 rings (SSSR count). The summed E-state index contributed by atoms with van der Waals surface area (Å²) < 4.78 is 12.5. The number of nitrogens with one attached hydrogen (secondary N) is 1. The van der Waals surface area contributed by atoms with Crippen molar-refractivity contribution in [3.8, 4) is 11.5 Å². The van der Waals surface area contributed by atoms with Crippen LogP contribution in [0, 0.1) is 5.92 Å². The third-order valence-corrected chi connectivity index (χ3v) is 5.19. The van der Waals surface area contributed by atoms with Gasteiger partial charge in [-0.15, -0.1) is 0 Å². The Hall–Kier alpha value is -0.740. The molecule has 0 amide bonds. The zero-order valence-electron chi connectivity index (χ0n) is 12.7. The van der Waals surface area contributed by atoms with Crippen LogP contribution in [0.5, 0.6) is 11.5 Å². The van der Waals surface area contributed by atoms with Crippen LogP contribution in [0.3, 0.4) is 0 Å². The number of benzene rings is 1. The van der Waals surface area contributed by atoms with Gasteiger partial charge in [0.05, 0.1) is 17.7 Å². The van der Waals surface area contributed by atoms with E-state index in [-0.39, 0.29) is 0 Å². The van der Waals surface area contributed by atoms with Crippen molar-refractivity contribution in [3.05, 3.63) is 22.2 Å². The van der Waals surface area contributed by atoms with Crippen LogP contribution in [0.15, 0.2) is 16.6 Å². The number of rotatable bonds is 4. The lowest BCUT2D eigenvalue weighted by molar-refractivity contribution is 0.296. The molecule has 1 heterocycles. The second-order valence-corrected chi connectivity index (χ2v) is 7.02. The first kappa shape index (κ1) is 15.2. The third kappa shape index (κ3) is 3.72. The molecule has 1 aromatic rings. The summed E-state index contributed by atoms with van der Waals surface area (Å²) in [4.78, 5) is 0. The lowest BCUT2D eigenvalue weighted by Crippen LogP contribution is -2.31. The molecule has 116 valence electrons. The summed E-state index contributed by atoms with van der Waals surface area (Å²) in [6.45, 7) is 4.65. The van der Waals surface area contributed by atoms with Crippen molar-refractivity contribution >= 4 is 15.9 Å². The molecule has 1 atom stereocenters. The maximum absolute atomic E-state index is 5.79. The third-order valence-electron chi connectivity index (χ3n) is 4.60. The maximum atomic E-state index is 5.79. The summed E-state index contributed by atoms with van der Waals surface area (Å²) in [6.07, 6.45) is 6.48. The van der Waals surface area contributed by atoms with Crippen molar-refractivity contribution in [1.82, 2.24) is 5.32 Å². The normalized spacial score (nSPS) is 20.3. The highest BCUT2D eigenvalue weighted by Crippen LogP contribution is 2.38. The monoisotopic (exact) mass is 353 g/mol. The summed E-state index contributed by atoms with van der Waals surface area (Å²) in [7, 11) is 0. The van der Waals surface area contributed by atoms with Gasteiger partial charge in [-0.3, -0.25) is 0 Å². The first-order valence-corrected chi connectivity index (χ1v) is 8.85. The van der Waals surface area contributed by atoms with Gasteiger partial charge in [-0.2, -0.15) is 0 Å². The molecule has 1 unspecified atom stereocenters. The SMILES string of the molecule is CC(NCc1cc(Br)c2c(c1)OCCCO2)C1CCCC1. The van der Waals surface area contributed by atoms with Crippen molar-refractivity contribution in [2.24, 2.45) is 5.92 Å². The van der Waals surface area contributed by atoms with E-state index in [9.17, 15) is 0 Å². The Labute approximate surface area is 135 Å². The van der Waals surface area contributed by atoms with Gasteiger partial charge in [-0.1, -0.05) is 12.8 Å². The highest BCUT2D eigenvalue weighted by atomic mass is 79.9. The lowest BCUT2D eigenvalue weighted by Gasteiger charge is -2.21. The predicted molar refractivity (Wildman–Crippen MR) is 88.0 cm³/mol. The molecular weight excluding hydrogens is 330 g/mol. The van der Waals surface area contributed by atoms with Crippen LogP contribution in [0.2, 0.25) is 0 Å². The number of halogens is 1.